The van der Waals surface area contributed by atoms with Gasteiger partial charge in [-0.15, -0.1) is 22.7 Å². The van der Waals surface area contributed by atoms with Gasteiger partial charge < -0.3 is 9.73 Å². The molecule has 0 bridgehead atoms. The van der Waals surface area contributed by atoms with E-state index in [9.17, 15) is 9.59 Å². The van der Waals surface area contributed by atoms with E-state index in [4.69, 9.17) is 4.42 Å². The van der Waals surface area contributed by atoms with Crippen LogP contribution in [0.2, 0.25) is 0 Å². The molecular weight excluding hydrogens is 372 g/mol. The second-order valence-electron chi connectivity index (χ2n) is 5.55. The van der Waals surface area contributed by atoms with Crippen LogP contribution in [0, 0.1) is 6.92 Å². The molecule has 0 aliphatic heterocycles. The number of fused-ring (bicyclic) bond motifs is 1. The second-order valence-corrected chi connectivity index (χ2v) is 7.68. The SMILES string of the molecule is Cc1nc2c(-c3cccs3)nc(=O)n(CC(=O)NCc3ccco3)c2s1. The number of carbonyl (C=O) groups excluding carboxylic acids is 1. The number of aryl methyl sites for hydroxylation is 1. The maximum Gasteiger partial charge on any atom is 0.349 e. The maximum absolute atomic E-state index is 12.6. The van der Waals surface area contributed by atoms with Gasteiger partial charge in [0.05, 0.1) is 22.7 Å². The monoisotopic (exact) mass is 386 g/mol. The third-order valence-corrected chi connectivity index (χ3v) is 5.59. The topological polar surface area (TPSA) is 90.0 Å². The smallest absolute Gasteiger partial charge is 0.349 e. The zero-order valence-corrected chi connectivity index (χ0v) is 15.4. The number of carbonyl (C=O) groups is 1. The van der Waals surface area contributed by atoms with E-state index < -0.39 is 5.69 Å². The minimum Gasteiger partial charge on any atom is -0.467 e. The number of thiophene rings is 1. The quantitative estimate of drug-likeness (QED) is 0.570. The van der Waals surface area contributed by atoms with Gasteiger partial charge in [-0.1, -0.05) is 6.07 Å². The molecule has 7 nitrogen and oxygen atoms in total. The van der Waals surface area contributed by atoms with Crippen LogP contribution in [-0.2, 0) is 17.9 Å². The number of thiazole rings is 1. The average molecular weight is 386 g/mol. The average Bonchev–Trinajstić information content (AvgIpc) is 3.36. The number of amides is 1. The molecule has 0 fully saturated rings. The molecule has 4 aromatic heterocycles. The first-order valence-electron chi connectivity index (χ1n) is 7.83. The molecule has 4 aromatic rings. The molecule has 0 saturated heterocycles. The van der Waals surface area contributed by atoms with Crippen LogP contribution in [0.15, 0.2) is 45.1 Å². The van der Waals surface area contributed by atoms with Crippen LogP contribution in [0.25, 0.3) is 20.9 Å². The van der Waals surface area contributed by atoms with Gasteiger partial charge in [0, 0.05) is 0 Å². The van der Waals surface area contributed by atoms with E-state index in [1.54, 1.807) is 18.4 Å². The summed E-state index contributed by atoms with van der Waals surface area (Å²) in [5.41, 5.74) is 0.752. The molecule has 0 aliphatic carbocycles. The number of nitrogens with zero attached hydrogens (tertiary/aromatic N) is 3. The summed E-state index contributed by atoms with van der Waals surface area (Å²) in [5, 5.41) is 5.48. The van der Waals surface area contributed by atoms with Crippen molar-refractivity contribution in [3.63, 3.8) is 0 Å². The Morgan fingerprint density at radius 2 is 2.19 bits per heavy atom. The summed E-state index contributed by atoms with van der Waals surface area (Å²) in [6.45, 7) is 2.02. The number of furan rings is 1. The van der Waals surface area contributed by atoms with Gasteiger partial charge in [0.15, 0.2) is 0 Å². The number of nitrogens with one attached hydrogen (secondary N) is 1. The van der Waals surface area contributed by atoms with Gasteiger partial charge in [-0.25, -0.2) is 9.78 Å². The van der Waals surface area contributed by atoms with Crippen molar-refractivity contribution in [3.8, 4) is 10.6 Å². The van der Waals surface area contributed by atoms with E-state index in [0.717, 1.165) is 9.88 Å². The molecule has 0 aliphatic rings. The highest BCUT2D eigenvalue weighted by Crippen LogP contribution is 2.31. The first-order chi connectivity index (χ1) is 12.6. The Balaban J connectivity index is 1.67. The predicted octanol–water partition coefficient (Wildman–Crippen LogP) is 2.80. The molecule has 0 atom stereocenters. The predicted molar refractivity (Wildman–Crippen MR) is 100 cm³/mol. The summed E-state index contributed by atoms with van der Waals surface area (Å²) in [7, 11) is 0. The molecule has 0 spiro atoms. The lowest BCUT2D eigenvalue weighted by Crippen LogP contribution is -2.33. The van der Waals surface area contributed by atoms with E-state index in [1.165, 1.54) is 27.2 Å². The molecule has 0 aromatic carbocycles. The van der Waals surface area contributed by atoms with Crippen molar-refractivity contribution in [1.82, 2.24) is 19.9 Å². The number of rotatable bonds is 5. The second kappa shape index (κ2) is 6.85. The molecule has 0 unspecified atom stereocenters. The Morgan fingerprint density at radius 1 is 1.31 bits per heavy atom. The zero-order chi connectivity index (χ0) is 18.1. The van der Waals surface area contributed by atoms with Crippen molar-refractivity contribution >= 4 is 38.9 Å². The minimum absolute atomic E-state index is 0.116. The fraction of sp³-hybridized carbons (Fsp3) is 0.176. The van der Waals surface area contributed by atoms with Gasteiger partial charge in [-0.05, 0) is 30.5 Å². The number of aromatic nitrogens is 3. The molecule has 1 amide bonds. The number of hydrogen-bond acceptors (Lipinski definition) is 7. The maximum atomic E-state index is 12.6. The summed E-state index contributed by atoms with van der Waals surface area (Å²) in [6.07, 6.45) is 1.54. The van der Waals surface area contributed by atoms with Crippen molar-refractivity contribution in [2.24, 2.45) is 0 Å². The van der Waals surface area contributed by atoms with Crippen LogP contribution in [0.1, 0.15) is 10.8 Å². The third kappa shape index (κ3) is 3.18. The molecule has 9 heteroatoms. The van der Waals surface area contributed by atoms with Crippen molar-refractivity contribution in [3.05, 3.63) is 57.2 Å². The molecule has 0 saturated carbocycles. The van der Waals surface area contributed by atoms with Crippen LogP contribution in [0.3, 0.4) is 0 Å². The van der Waals surface area contributed by atoms with E-state index in [0.29, 0.717) is 21.8 Å². The minimum atomic E-state index is -0.460. The lowest BCUT2D eigenvalue weighted by Gasteiger charge is -2.08. The van der Waals surface area contributed by atoms with Crippen LogP contribution in [-0.4, -0.2) is 20.4 Å². The highest BCUT2D eigenvalue weighted by atomic mass is 32.1. The fourth-order valence-electron chi connectivity index (χ4n) is 2.57. The summed E-state index contributed by atoms with van der Waals surface area (Å²) in [6, 6.07) is 7.33. The molecule has 4 rings (SSSR count). The van der Waals surface area contributed by atoms with E-state index in [2.05, 4.69) is 15.3 Å². The highest BCUT2D eigenvalue weighted by molar-refractivity contribution is 7.18. The largest absolute Gasteiger partial charge is 0.467 e. The Hall–Kier alpha value is -2.78. The fourth-order valence-corrected chi connectivity index (χ4v) is 4.20. The van der Waals surface area contributed by atoms with Crippen molar-refractivity contribution in [1.29, 1.82) is 0 Å². The van der Waals surface area contributed by atoms with Crippen LogP contribution >= 0.6 is 22.7 Å². The molecule has 0 radical (unpaired) electrons. The Bertz CT molecular complexity index is 1110. The Labute approximate surface area is 156 Å². The summed E-state index contributed by atoms with van der Waals surface area (Å²) in [5.74, 6) is 0.358. The standard InChI is InChI=1S/C17H14N4O3S2/c1-10-19-15-14(12-5-3-7-25-12)20-17(23)21(16(15)26-10)9-13(22)18-8-11-4-2-6-24-11/h2-7H,8-9H2,1H3,(H,18,22). The van der Waals surface area contributed by atoms with Gasteiger partial charge in [-0.2, -0.15) is 4.98 Å². The third-order valence-electron chi connectivity index (χ3n) is 3.72. The molecule has 1 N–H and O–H groups in total. The van der Waals surface area contributed by atoms with Crippen molar-refractivity contribution < 1.29 is 9.21 Å². The van der Waals surface area contributed by atoms with Crippen molar-refractivity contribution in [2.75, 3.05) is 0 Å². The normalized spacial score (nSPS) is 11.1. The van der Waals surface area contributed by atoms with Crippen LogP contribution < -0.4 is 11.0 Å². The lowest BCUT2D eigenvalue weighted by atomic mass is 10.3. The molecule has 26 heavy (non-hydrogen) atoms. The lowest BCUT2D eigenvalue weighted by molar-refractivity contribution is -0.121. The van der Waals surface area contributed by atoms with E-state index >= 15 is 0 Å². The van der Waals surface area contributed by atoms with Crippen LogP contribution in [0.5, 0.6) is 0 Å². The zero-order valence-electron chi connectivity index (χ0n) is 13.8. The Morgan fingerprint density at radius 3 is 2.92 bits per heavy atom. The van der Waals surface area contributed by atoms with Gasteiger partial charge in [0.2, 0.25) is 5.91 Å². The summed E-state index contributed by atoms with van der Waals surface area (Å²) in [4.78, 5) is 35.1. The van der Waals surface area contributed by atoms with E-state index in [1.807, 2.05) is 24.4 Å². The highest BCUT2D eigenvalue weighted by Gasteiger charge is 2.18. The summed E-state index contributed by atoms with van der Waals surface area (Å²) >= 11 is 2.88. The van der Waals surface area contributed by atoms with Crippen LogP contribution in [0.4, 0.5) is 0 Å². The van der Waals surface area contributed by atoms with Gasteiger partial charge >= 0.3 is 5.69 Å². The first kappa shape index (κ1) is 16.7. The molecule has 4 heterocycles. The van der Waals surface area contributed by atoms with Gasteiger partial charge in [0.1, 0.15) is 28.3 Å². The van der Waals surface area contributed by atoms with E-state index in [-0.39, 0.29) is 19.0 Å². The molecule has 132 valence electrons. The Kier molecular flexibility index (Phi) is 4.39. The summed E-state index contributed by atoms with van der Waals surface area (Å²) < 4.78 is 6.56. The van der Waals surface area contributed by atoms with Crippen molar-refractivity contribution in [2.45, 2.75) is 20.0 Å². The van der Waals surface area contributed by atoms with Gasteiger partial charge in [-0.3, -0.25) is 9.36 Å². The van der Waals surface area contributed by atoms with Gasteiger partial charge in [0.25, 0.3) is 0 Å². The number of hydrogen-bond donors (Lipinski definition) is 1. The molecular formula is C17H14N4O3S2. The first-order valence-corrected chi connectivity index (χ1v) is 9.52.